The highest BCUT2D eigenvalue weighted by atomic mass is 19.1. The number of nitrogens with zero attached hydrogens (tertiary/aromatic N) is 4. The maximum atomic E-state index is 13.2. The first-order valence-electron chi connectivity index (χ1n) is 10.1. The zero-order valence-electron chi connectivity index (χ0n) is 17.5. The van der Waals surface area contributed by atoms with Crippen LogP contribution in [0.5, 0.6) is 0 Å². The van der Waals surface area contributed by atoms with Gasteiger partial charge < -0.3 is 9.88 Å². The van der Waals surface area contributed by atoms with Crippen molar-refractivity contribution in [1.29, 1.82) is 0 Å². The Balaban J connectivity index is 1.59. The lowest BCUT2D eigenvalue weighted by Gasteiger charge is -2.09. The van der Waals surface area contributed by atoms with Crippen LogP contribution >= 0.6 is 0 Å². The zero-order chi connectivity index (χ0) is 22.0. The number of halogens is 1. The Bertz CT molecular complexity index is 1320. The SMILES string of the molecule is Cn1c(NCCCc2ccccc2)nc2c1c(=O)n(Cc1ccc(F)cc1)c(=O)n2C. The summed E-state index contributed by atoms with van der Waals surface area (Å²) in [4.78, 5) is 30.4. The van der Waals surface area contributed by atoms with Gasteiger partial charge in [0.05, 0.1) is 6.54 Å². The van der Waals surface area contributed by atoms with E-state index in [1.54, 1.807) is 30.8 Å². The van der Waals surface area contributed by atoms with Crippen molar-refractivity contribution in [3.05, 3.63) is 92.4 Å². The van der Waals surface area contributed by atoms with E-state index >= 15 is 0 Å². The van der Waals surface area contributed by atoms with Gasteiger partial charge in [0.1, 0.15) is 5.82 Å². The van der Waals surface area contributed by atoms with Gasteiger partial charge in [-0.2, -0.15) is 4.98 Å². The molecule has 7 nitrogen and oxygen atoms in total. The summed E-state index contributed by atoms with van der Waals surface area (Å²) in [5.74, 6) is 0.170. The predicted molar refractivity (Wildman–Crippen MR) is 119 cm³/mol. The number of benzene rings is 2. The van der Waals surface area contributed by atoms with E-state index in [2.05, 4.69) is 22.4 Å². The highest BCUT2D eigenvalue weighted by Crippen LogP contribution is 2.14. The Morgan fingerprint density at radius 3 is 2.35 bits per heavy atom. The Kier molecular flexibility index (Phi) is 5.70. The molecule has 0 aliphatic rings. The minimum absolute atomic E-state index is 0.0622. The van der Waals surface area contributed by atoms with Gasteiger partial charge in [-0.1, -0.05) is 42.5 Å². The Hall–Kier alpha value is -3.68. The van der Waals surface area contributed by atoms with Gasteiger partial charge in [-0.25, -0.2) is 9.18 Å². The maximum absolute atomic E-state index is 13.2. The van der Waals surface area contributed by atoms with Gasteiger partial charge in [0.25, 0.3) is 5.56 Å². The van der Waals surface area contributed by atoms with Gasteiger partial charge in [0, 0.05) is 20.6 Å². The van der Waals surface area contributed by atoms with Crippen molar-refractivity contribution in [2.24, 2.45) is 14.1 Å². The topological polar surface area (TPSA) is 73.8 Å². The van der Waals surface area contributed by atoms with Crippen LogP contribution in [0.15, 0.2) is 64.2 Å². The van der Waals surface area contributed by atoms with Crippen LogP contribution in [0, 0.1) is 5.82 Å². The van der Waals surface area contributed by atoms with Crippen molar-refractivity contribution in [3.63, 3.8) is 0 Å². The fraction of sp³-hybridized carbons (Fsp3) is 0.261. The molecule has 2 heterocycles. The minimum Gasteiger partial charge on any atom is -0.356 e. The molecule has 0 aliphatic heterocycles. The van der Waals surface area contributed by atoms with Crippen LogP contribution in [0.25, 0.3) is 11.2 Å². The van der Waals surface area contributed by atoms with Gasteiger partial charge in [-0.15, -0.1) is 0 Å². The number of imidazole rings is 1. The molecule has 4 rings (SSSR count). The van der Waals surface area contributed by atoms with Crippen LogP contribution < -0.4 is 16.6 Å². The van der Waals surface area contributed by atoms with E-state index in [1.165, 1.54) is 22.3 Å². The molecule has 0 radical (unpaired) electrons. The summed E-state index contributed by atoms with van der Waals surface area (Å²) < 4.78 is 17.4. The molecule has 31 heavy (non-hydrogen) atoms. The molecule has 0 unspecified atom stereocenters. The maximum Gasteiger partial charge on any atom is 0.332 e. The normalized spacial score (nSPS) is 11.2. The third-order valence-electron chi connectivity index (χ3n) is 5.38. The molecule has 0 fully saturated rings. The second-order valence-electron chi connectivity index (χ2n) is 7.54. The average Bonchev–Trinajstić information content (AvgIpc) is 3.11. The highest BCUT2D eigenvalue weighted by molar-refractivity contribution is 5.74. The van der Waals surface area contributed by atoms with E-state index in [4.69, 9.17) is 0 Å². The minimum atomic E-state index is -0.462. The van der Waals surface area contributed by atoms with E-state index < -0.39 is 11.2 Å². The number of hydrogen-bond donors (Lipinski definition) is 1. The molecular formula is C23H24FN5O2. The lowest BCUT2D eigenvalue weighted by atomic mass is 10.1. The first-order valence-corrected chi connectivity index (χ1v) is 10.1. The molecule has 160 valence electrons. The average molecular weight is 421 g/mol. The van der Waals surface area contributed by atoms with Gasteiger partial charge >= 0.3 is 5.69 Å². The molecule has 0 aliphatic carbocycles. The van der Waals surface area contributed by atoms with E-state index in [0.29, 0.717) is 29.2 Å². The van der Waals surface area contributed by atoms with Crippen LogP contribution in [0.3, 0.4) is 0 Å². The first-order chi connectivity index (χ1) is 15.0. The van der Waals surface area contributed by atoms with Gasteiger partial charge in [0.15, 0.2) is 11.2 Å². The van der Waals surface area contributed by atoms with Gasteiger partial charge in [-0.3, -0.25) is 13.9 Å². The van der Waals surface area contributed by atoms with Gasteiger partial charge in [-0.05, 0) is 36.1 Å². The van der Waals surface area contributed by atoms with Crippen LogP contribution in [-0.2, 0) is 27.1 Å². The Morgan fingerprint density at radius 1 is 0.935 bits per heavy atom. The molecule has 8 heteroatoms. The summed E-state index contributed by atoms with van der Waals surface area (Å²) in [6.45, 7) is 0.747. The van der Waals surface area contributed by atoms with E-state index in [9.17, 15) is 14.0 Å². The van der Waals surface area contributed by atoms with Crippen molar-refractivity contribution in [3.8, 4) is 0 Å². The number of aryl methyl sites for hydroxylation is 3. The van der Waals surface area contributed by atoms with Crippen molar-refractivity contribution >= 4 is 17.1 Å². The Morgan fingerprint density at radius 2 is 1.65 bits per heavy atom. The van der Waals surface area contributed by atoms with Crippen LogP contribution in [-0.4, -0.2) is 25.2 Å². The van der Waals surface area contributed by atoms with E-state index in [-0.39, 0.29) is 12.4 Å². The van der Waals surface area contributed by atoms with E-state index in [0.717, 1.165) is 17.4 Å². The predicted octanol–water partition coefficient (Wildman–Crippen LogP) is 2.67. The molecule has 0 saturated heterocycles. The van der Waals surface area contributed by atoms with Crippen molar-refractivity contribution in [1.82, 2.24) is 18.7 Å². The Labute approximate surface area is 178 Å². The molecule has 0 amide bonds. The molecule has 2 aromatic heterocycles. The third-order valence-corrected chi connectivity index (χ3v) is 5.38. The monoisotopic (exact) mass is 421 g/mol. The molecule has 0 atom stereocenters. The molecule has 2 aromatic carbocycles. The first kappa shape index (κ1) is 20.6. The zero-order valence-corrected chi connectivity index (χ0v) is 17.5. The largest absolute Gasteiger partial charge is 0.356 e. The van der Waals surface area contributed by atoms with Crippen LogP contribution in [0.1, 0.15) is 17.5 Å². The fourth-order valence-corrected chi connectivity index (χ4v) is 3.65. The number of aromatic nitrogens is 4. The van der Waals surface area contributed by atoms with Crippen LogP contribution in [0.2, 0.25) is 0 Å². The molecule has 0 bridgehead atoms. The molecular weight excluding hydrogens is 397 g/mol. The number of fused-ring (bicyclic) bond motifs is 1. The second kappa shape index (κ2) is 8.59. The number of anilines is 1. The molecule has 0 spiro atoms. The summed E-state index contributed by atoms with van der Waals surface area (Å²) in [5, 5.41) is 3.27. The number of hydrogen-bond acceptors (Lipinski definition) is 4. The summed E-state index contributed by atoms with van der Waals surface area (Å²) in [6.07, 6.45) is 1.84. The van der Waals surface area contributed by atoms with Crippen LogP contribution in [0.4, 0.5) is 10.3 Å². The molecule has 4 aromatic rings. The second-order valence-corrected chi connectivity index (χ2v) is 7.54. The summed E-state index contributed by atoms with van der Waals surface area (Å²) in [5.41, 5.74) is 1.72. The fourth-order valence-electron chi connectivity index (χ4n) is 3.65. The smallest absolute Gasteiger partial charge is 0.332 e. The van der Waals surface area contributed by atoms with E-state index in [1.807, 2.05) is 18.2 Å². The highest BCUT2D eigenvalue weighted by Gasteiger charge is 2.18. The van der Waals surface area contributed by atoms with Gasteiger partial charge in [0.2, 0.25) is 5.95 Å². The van der Waals surface area contributed by atoms with Crippen molar-refractivity contribution < 1.29 is 4.39 Å². The molecule has 1 N–H and O–H groups in total. The van der Waals surface area contributed by atoms with Crippen molar-refractivity contribution in [2.45, 2.75) is 19.4 Å². The summed E-state index contributed by atoms with van der Waals surface area (Å²) in [6, 6.07) is 16.0. The number of rotatable bonds is 7. The lowest BCUT2D eigenvalue weighted by Crippen LogP contribution is -2.39. The lowest BCUT2D eigenvalue weighted by molar-refractivity contribution is 0.623. The summed E-state index contributed by atoms with van der Waals surface area (Å²) >= 11 is 0. The molecule has 0 saturated carbocycles. The standard InChI is InChI=1S/C23H24FN5O2/c1-27-19-20(26-22(27)25-14-6-9-16-7-4-3-5-8-16)28(2)23(31)29(21(19)30)15-17-10-12-18(24)13-11-17/h3-5,7-8,10-13H,6,9,14-15H2,1-2H3,(H,25,26). The van der Waals surface area contributed by atoms with Crippen molar-refractivity contribution in [2.75, 3.05) is 11.9 Å². The quantitative estimate of drug-likeness (QED) is 0.466. The number of nitrogens with one attached hydrogen (secondary N) is 1. The summed E-state index contributed by atoms with van der Waals surface area (Å²) in [7, 11) is 3.35. The third kappa shape index (κ3) is 4.14.